The first-order chi connectivity index (χ1) is 7.38. The van der Waals surface area contributed by atoms with Crippen molar-refractivity contribution in [3.8, 4) is 0 Å². The summed E-state index contributed by atoms with van der Waals surface area (Å²) in [6, 6.07) is 0.963. The molecule has 1 aromatic rings. The van der Waals surface area contributed by atoms with Crippen LogP contribution in [0.25, 0.3) is 10.4 Å². The first kappa shape index (κ1) is 12.3. The number of carbonyl (C=O) groups is 1. The van der Waals surface area contributed by atoms with Gasteiger partial charge in [-0.05, 0) is 11.6 Å². The van der Waals surface area contributed by atoms with Gasteiger partial charge in [0.2, 0.25) is 0 Å². The molecule has 5 nitrogen and oxygen atoms in total. The van der Waals surface area contributed by atoms with Crippen molar-refractivity contribution >= 4 is 23.1 Å². The van der Waals surface area contributed by atoms with Crippen molar-refractivity contribution in [3.63, 3.8) is 0 Å². The third-order valence-corrected chi connectivity index (χ3v) is 1.81. The number of ketones is 1. The molecule has 1 aromatic heterocycles. The number of azide groups is 1. The van der Waals surface area contributed by atoms with Crippen molar-refractivity contribution in [3.05, 3.63) is 33.4 Å². The summed E-state index contributed by atoms with van der Waals surface area (Å²) < 4.78 is 36.5. The van der Waals surface area contributed by atoms with Gasteiger partial charge in [-0.2, -0.15) is 13.2 Å². The molecule has 0 saturated carbocycles. The minimum absolute atomic E-state index is 0.509. The van der Waals surface area contributed by atoms with E-state index in [1.807, 2.05) is 0 Å². The van der Waals surface area contributed by atoms with Crippen LogP contribution in [0.5, 0.6) is 0 Å². The fourth-order valence-corrected chi connectivity index (χ4v) is 1.15. The van der Waals surface area contributed by atoms with E-state index in [0.717, 1.165) is 12.3 Å². The molecule has 0 aliphatic carbocycles. The van der Waals surface area contributed by atoms with E-state index in [0.29, 0.717) is 0 Å². The van der Waals surface area contributed by atoms with Gasteiger partial charge in [0.1, 0.15) is 5.15 Å². The lowest BCUT2D eigenvalue weighted by molar-refractivity contribution is -0.0884. The van der Waals surface area contributed by atoms with Crippen molar-refractivity contribution in [2.24, 2.45) is 5.11 Å². The van der Waals surface area contributed by atoms with Crippen LogP contribution < -0.4 is 0 Å². The van der Waals surface area contributed by atoms with Crippen LogP contribution in [0.15, 0.2) is 17.4 Å². The largest absolute Gasteiger partial charge is 0.454 e. The standard InChI is InChI=1S/C7H2ClF3N4O/c8-6-4(5(16)7(9,10)11)3(14-15-12)1-2-13-6/h1-2H. The zero-order valence-corrected chi connectivity index (χ0v) is 8.12. The van der Waals surface area contributed by atoms with E-state index in [1.165, 1.54) is 0 Å². The predicted octanol–water partition coefficient (Wildman–Crippen LogP) is 3.42. The molecule has 0 aliphatic rings. The number of hydrogen-bond acceptors (Lipinski definition) is 3. The molecule has 0 amide bonds. The molecule has 0 aromatic carbocycles. The molecular formula is C7H2ClF3N4O. The van der Waals surface area contributed by atoms with Gasteiger partial charge in [0.15, 0.2) is 0 Å². The summed E-state index contributed by atoms with van der Waals surface area (Å²) in [5.74, 6) is -2.20. The van der Waals surface area contributed by atoms with Gasteiger partial charge in [-0.1, -0.05) is 16.7 Å². The summed E-state index contributed by atoms with van der Waals surface area (Å²) in [5.41, 5.74) is 6.66. The van der Waals surface area contributed by atoms with E-state index >= 15 is 0 Å². The second-order valence-corrected chi connectivity index (χ2v) is 2.87. The first-order valence-electron chi connectivity index (χ1n) is 3.69. The van der Waals surface area contributed by atoms with Crippen LogP contribution in [-0.2, 0) is 0 Å². The van der Waals surface area contributed by atoms with Crippen molar-refractivity contribution in [2.75, 3.05) is 0 Å². The molecule has 0 spiro atoms. The number of halogens is 4. The number of hydrogen-bond donors (Lipinski definition) is 0. The fourth-order valence-electron chi connectivity index (χ4n) is 0.910. The zero-order valence-electron chi connectivity index (χ0n) is 7.36. The molecular weight excluding hydrogens is 249 g/mol. The van der Waals surface area contributed by atoms with Crippen LogP contribution in [-0.4, -0.2) is 16.9 Å². The lowest BCUT2D eigenvalue weighted by Crippen LogP contribution is -2.23. The van der Waals surface area contributed by atoms with Crippen LogP contribution in [0.1, 0.15) is 10.4 Å². The van der Waals surface area contributed by atoms with Crippen LogP contribution in [0, 0.1) is 0 Å². The smallest absolute Gasteiger partial charge is 0.284 e. The summed E-state index contributed by atoms with van der Waals surface area (Å²) >= 11 is 5.35. The van der Waals surface area contributed by atoms with E-state index in [4.69, 9.17) is 17.1 Å². The molecule has 0 unspecified atom stereocenters. The van der Waals surface area contributed by atoms with Crippen LogP contribution in [0.3, 0.4) is 0 Å². The maximum Gasteiger partial charge on any atom is 0.454 e. The molecule has 0 bridgehead atoms. The Balaban J connectivity index is 3.42. The lowest BCUT2D eigenvalue weighted by Gasteiger charge is -2.08. The Labute approximate surface area is 91.5 Å². The molecule has 1 rings (SSSR count). The van der Waals surface area contributed by atoms with Gasteiger partial charge >= 0.3 is 6.18 Å². The predicted molar refractivity (Wildman–Crippen MR) is 48.4 cm³/mol. The maximum atomic E-state index is 12.2. The molecule has 0 radical (unpaired) electrons. The first-order valence-corrected chi connectivity index (χ1v) is 4.07. The molecule has 0 atom stereocenters. The van der Waals surface area contributed by atoms with Gasteiger partial charge < -0.3 is 0 Å². The van der Waals surface area contributed by atoms with E-state index in [2.05, 4.69) is 15.0 Å². The van der Waals surface area contributed by atoms with Crippen molar-refractivity contribution in [1.82, 2.24) is 4.98 Å². The summed E-state index contributed by atoms with van der Waals surface area (Å²) in [6.45, 7) is 0. The van der Waals surface area contributed by atoms with Gasteiger partial charge in [0, 0.05) is 11.1 Å². The molecule has 0 N–H and O–H groups in total. The third-order valence-electron chi connectivity index (χ3n) is 1.52. The minimum atomic E-state index is -5.10. The average Bonchev–Trinajstić information content (AvgIpc) is 2.16. The Bertz CT molecular complexity index is 481. The second kappa shape index (κ2) is 4.38. The highest BCUT2D eigenvalue weighted by atomic mass is 35.5. The highest BCUT2D eigenvalue weighted by Gasteiger charge is 2.41. The Morgan fingerprint density at radius 3 is 2.69 bits per heavy atom. The second-order valence-electron chi connectivity index (χ2n) is 2.51. The normalized spacial score (nSPS) is 10.8. The Hall–Kier alpha value is -1.79. The number of Topliss-reactive ketones (excluding diaryl/α,β-unsaturated/α-hetero) is 1. The van der Waals surface area contributed by atoms with E-state index in [1.54, 1.807) is 0 Å². The molecule has 1 heterocycles. The third kappa shape index (κ3) is 2.41. The van der Waals surface area contributed by atoms with Crippen LogP contribution >= 0.6 is 11.6 Å². The molecule has 0 fully saturated rings. The zero-order chi connectivity index (χ0) is 12.3. The van der Waals surface area contributed by atoms with Gasteiger partial charge in [-0.25, -0.2) is 4.98 Å². The minimum Gasteiger partial charge on any atom is -0.284 e. The molecule has 16 heavy (non-hydrogen) atoms. The molecule has 84 valence electrons. The van der Waals surface area contributed by atoms with E-state index < -0.39 is 28.4 Å². The van der Waals surface area contributed by atoms with Crippen LogP contribution in [0.4, 0.5) is 18.9 Å². The van der Waals surface area contributed by atoms with E-state index in [-0.39, 0.29) is 0 Å². The number of pyridine rings is 1. The summed E-state index contributed by atoms with van der Waals surface area (Å²) in [6.07, 6.45) is -4.08. The summed E-state index contributed by atoms with van der Waals surface area (Å²) in [7, 11) is 0. The van der Waals surface area contributed by atoms with E-state index in [9.17, 15) is 18.0 Å². The number of alkyl halides is 3. The van der Waals surface area contributed by atoms with Gasteiger partial charge in [0.05, 0.1) is 11.3 Å². The lowest BCUT2D eigenvalue weighted by atomic mass is 10.1. The topological polar surface area (TPSA) is 78.7 Å². The Morgan fingerprint density at radius 2 is 2.19 bits per heavy atom. The molecule has 0 aliphatic heterocycles. The average molecular weight is 251 g/mol. The Kier molecular flexibility index (Phi) is 3.36. The van der Waals surface area contributed by atoms with Crippen molar-refractivity contribution in [1.29, 1.82) is 0 Å². The van der Waals surface area contributed by atoms with Crippen molar-refractivity contribution < 1.29 is 18.0 Å². The van der Waals surface area contributed by atoms with Crippen molar-refractivity contribution in [2.45, 2.75) is 6.18 Å². The van der Waals surface area contributed by atoms with Crippen LogP contribution in [0.2, 0.25) is 5.15 Å². The number of nitrogens with zero attached hydrogens (tertiary/aromatic N) is 4. The number of aromatic nitrogens is 1. The molecule has 0 saturated heterocycles. The highest BCUT2D eigenvalue weighted by Crippen LogP contribution is 2.31. The fraction of sp³-hybridized carbons (Fsp3) is 0.143. The maximum absolute atomic E-state index is 12.2. The quantitative estimate of drug-likeness (QED) is 0.265. The van der Waals surface area contributed by atoms with Gasteiger partial charge in [-0.3, -0.25) is 4.79 Å². The summed E-state index contributed by atoms with van der Waals surface area (Å²) in [4.78, 5) is 16.6. The SMILES string of the molecule is [N-]=[N+]=Nc1ccnc(Cl)c1C(=O)C(F)(F)F. The Morgan fingerprint density at radius 1 is 1.56 bits per heavy atom. The van der Waals surface area contributed by atoms with Gasteiger partial charge in [-0.15, -0.1) is 0 Å². The monoisotopic (exact) mass is 250 g/mol. The highest BCUT2D eigenvalue weighted by molar-refractivity contribution is 6.33. The number of rotatable bonds is 2. The molecule has 9 heteroatoms. The number of carbonyl (C=O) groups excluding carboxylic acids is 1. The summed E-state index contributed by atoms with van der Waals surface area (Å²) in [5, 5.41) is 2.28. The van der Waals surface area contributed by atoms with Gasteiger partial charge in [0.25, 0.3) is 5.78 Å².